The van der Waals surface area contributed by atoms with Gasteiger partial charge in [0.05, 0.1) is 25.9 Å². The Labute approximate surface area is 167 Å². The van der Waals surface area contributed by atoms with Gasteiger partial charge in [-0.25, -0.2) is 4.79 Å². The van der Waals surface area contributed by atoms with Crippen LogP contribution in [-0.2, 0) is 19.1 Å². The molecule has 0 bridgehead atoms. The number of hydrazine groups is 1. The minimum Gasteiger partial charge on any atom is -0.469 e. The fraction of sp³-hybridized carbons (Fsp3) is 0.238. The highest BCUT2D eigenvalue weighted by Crippen LogP contribution is 2.48. The van der Waals surface area contributed by atoms with E-state index in [0.29, 0.717) is 5.02 Å². The van der Waals surface area contributed by atoms with Crippen molar-refractivity contribution >= 4 is 35.3 Å². The van der Waals surface area contributed by atoms with Gasteiger partial charge in [-0.15, -0.1) is 0 Å². The van der Waals surface area contributed by atoms with Gasteiger partial charge in [0.25, 0.3) is 0 Å². The summed E-state index contributed by atoms with van der Waals surface area (Å²) >= 11 is 6.04. The predicted molar refractivity (Wildman–Crippen MR) is 105 cm³/mol. The lowest BCUT2D eigenvalue weighted by molar-refractivity contribution is -0.153. The van der Waals surface area contributed by atoms with E-state index in [1.165, 1.54) is 14.2 Å². The molecular weight excluding hydrogens is 380 g/mol. The highest BCUT2D eigenvalue weighted by Gasteiger charge is 2.56. The molecule has 28 heavy (non-hydrogen) atoms. The van der Waals surface area contributed by atoms with Gasteiger partial charge in [0.2, 0.25) is 0 Å². The predicted octanol–water partition coefficient (Wildman–Crippen LogP) is 3.43. The first-order chi connectivity index (χ1) is 13.6. The lowest BCUT2D eigenvalue weighted by Crippen LogP contribution is -2.46. The second kappa shape index (κ2) is 7.20. The molecule has 144 valence electrons. The number of halogens is 1. The van der Waals surface area contributed by atoms with E-state index >= 15 is 0 Å². The number of fused-ring (bicyclic) bond motifs is 3. The van der Waals surface area contributed by atoms with Crippen molar-refractivity contribution in [2.75, 3.05) is 19.2 Å². The Morgan fingerprint density at radius 1 is 0.964 bits per heavy atom. The number of esters is 2. The Bertz CT molecular complexity index is 944. The molecule has 0 radical (unpaired) electrons. The van der Waals surface area contributed by atoms with Gasteiger partial charge < -0.3 is 9.47 Å². The van der Waals surface area contributed by atoms with E-state index < -0.39 is 29.9 Å². The molecule has 4 rings (SSSR count). The number of anilines is 1. The zero-order chi connectivity index (χ0) is 19.8. The van der Waals surface area contributed by atoms with E-state index in [1.54, 1.807) is 17.1 Å². The van der Waals surface area contributed by atoms with E-state index in [4.69, 9.17) is 21.1 Å². The number of carbonyl (C=O) groups is 2. The van der Waals surface area contributed by atoms with Crippen LogP contribution in [0.4, 0.5) is 5.69 Å². The van der Waals surface area contributed by atoms with E-state index in [9.17, 15) is 9.59 Å². The summed E-state index contributed by atoms with van der Waals surface area (Å²) < 4.78 is 10.1. The summed E-state index contributed by atoms with van der Waals surface area (Å²) in [5.41, 5.74) is 2.67. The maximum absolute atomic E-state index is 12.8. The molecule has 0 unspecified atom stereocenters. The molecule has 0 spiro atoms. The maximum Gasteiger partial charge on any atom is 0.331 e. The van der Waals surface area contributed by atoms with Crippen LogP contribution in [0.15, 0.2) is 54.7 Å². The smallest absolute Gasteiger partial charge is 0.331 e. The third kappa shape index (κ3) is 2.81. The van der Waals surface area contributed by atoms with Gasteiger partial charge in [-0.05, 0) is 41.5 Å². The Kier molecular flexibility index (Phi) is 4.73. The van der Waals surface area contributed by atoms with E-state index in [0.717, 1.165) is 16.8 Å². The van der Waals surface area contributed by atoms with E-state index in [2.05, 4.69) is 0 Å². The highest BCUT2D eigenvalue weighted by atomic mass is 35.5. The Morgan fingerprint density at radius 3 is 2.32 bits per heavy atom. The van der Waals surface area contributed by atoms with Crippen LogP contribution >= 0.6 is 11.6 Å². The van der Waals surface area contributed by atoms with Crippen molar-refractivity contribution in [3.63, 3.8) is 0 Å². The first kappa shape index (κ1) is 18.4. The van der Waals surface area contributed by atoms with Crippen molar-refractivity contribution in [1.29, 1.82) is 0 Å². The summed E-state index contributed by atoms with van der Waals surface area (Å²) in [4.78, 5) is 25.6. The lowest BCUT2D eigenvalue weighted by Gasteiger charge is -2.36. The molecule has 7 heteroatoms. The van der Waals surface area contributed by atoms with Crippen molar-refractivity contribution < 1.29 is 19.1 Å². The molecule has 1 saturated heterocycles. The second-order valence-corrected chi connectivity index (χ2v) is 7.04. The molecule has 3 atom stereocenters. The van der Waals surface area contributed by atoms with Gasteiger partial charge in [-0.2, -0.15) is 0 Å². The average molecular weight is 399 g/mol. The van der Waals surface area contributed by atoms with Crippen LogP contribution in [0, 0.1) is 5.92 Å². The largest absolute Gasteiger partial charge is 0.469 e. The molecule has 0 aromatic heterocycles. The molecule has 0 saturated carbocycles. The van der Waals surface area contributed by atoms with Crippen molar-refractivity contribution in [3.8, 4) is 0 Å². The molecule has 1 fully saturated rings. The summed E-state index contributed by atoms with van der Waals surface area (Å²) in [5, 5.41) is 4.26. The van der Waals surface area contributed by atoms with Crippen molar-refractivity contribution in [2.24, 2.45) is 5.92 Å². The van der Waals surface area contributed by atoms with Gasteiger partial charge in [0.15, 0.2) is 6.04 Å². The van der Waals surface area contributed by atoms with Crippen molar-refractivity contribution in [3.05, 3.63) is 70.9 Å². The fourth-order valence-corrected chi connectivity index (χ4v) is 4.13. The van der Waals surface area contributed by atoms with Crippen LogP contribution in [0.2, 0.25) is 5.02 Å². The third-order valence-corrected chi connectivity index (χ3v) is 5.46. The van der Waals surface area contributed by atoms with Crippen molar-refractivity contribution in [1.82, 2.24) is 5.01 Å². The van der Waals surface area contributed by atoms with E-state index in [-0.39, 0.29) is 0 Å². The summed E-state index contributed by atoms with van der Waals surface area (Å²) in [6.07, 6.45) is 3.84. The molecule has 2 aliphatic heterocycles. The summed E-state index contributed by atoms with van der Waals surface area (Å²) in [5.74, 6) is -1.74. The molecule has 6 nitrogen and oxygen atoms in total. The lowest BCUT2D eigenvalue weighted by atomic mass is 9.85. The Balaban J connectivity index is 1.91. The minimum atomic E-state index is -0.876. The number of ether oxygens (including phenoxy) is 2. The van der Waals surface area contributed by atoms with Crippen LogP contribution in [0.1, 0.15) is 17.2 Å². The number of carbonyl (C=O) groups excluding carboxylic acids is 2. The minimum absolute atomic E-state index is 0.395. The van der Waals surface area contributed by atoms with Gasteiger partial charge in [-0.1, -0.05) is 35.9 Å². The molecule has 0 aliphatic carbocycles. The summed E-state index contributed by atoms with van der Waals surface area (Å²) in [7, 11) is 2.65. The maximum atomic E-state index is 12.8. The van der Waals surface area contributed by atoms with Crippen LogP contribution < -0.4 is 5.01 Å². The summed E-state index contributed by atoms with van der Waals surface area (Å²) in [6, 6.07) is 13.6. The number of hydrogen-bond donors (Lipinski definition) is 0. The quantitative estimate of drug-likeness (QED) is 0.738. The number of nitrogens with zero attached hydrogens (tertiary/aromatic N) is 2. The second-order valence-electron chi connectivity index (χ2n) is 6.61. The van der Waals surface area contributed by atoms with Gasteiger partial charge in [0, 0.05) is 11.2 Å². The van der Waals surface area contributed by atoms with Crippen LogP contribution in [0.25, 0.3) is 6.08 Å². The van der Waals surface area contributed by atoms with Crippen LogP contribution in [-0.4, -0.2) is 37.2 Å². The van der Waals surface area contributed by atoms with Crippen LogP contribution in [0.5, 0.6) is 0 Å². The van der Waals surface area contributed by atoms with Crippen LogP contribution in [0.3, 0.4) is 0 Å². The molecule has 2 heterocycles. The molecule has 0 N–H and O–H groups in total. The molecule has 2 aromatic carbocycles. The van der Waals surface area contributed by atoms with Crippen molar-refractivity contribution in [2.45, 2.75) is 12.1 Å². The number of methoxy groups -OCH3 is 2. The highest BCUT2D eigenvalue weighted by molar-refractivity contribution is 6.30. The van der Waals surface area contributed by atoms with E-state index in [1.807, 2.05) is 53.7 Å². The number of benzene rings is 2. The standard InChI is InChI=1S/C21H19ClN2O4/c1-27-20(25)17-18-16-6-4-3-5-13(16)11-12-23(18)24(19(17)21(26)28-2)15-9-7-14(22)8-10-15/h3-12,17-19H,1-2H3/t17-,18-,19-/m1/s1. The molecule has 0 amide bonds. The zero-order valence-corrected chi connectivity index (χ0v) is 16.2. The van der Waals surface area contributed by atoms with Gasteiger partial charge in [-0.3, -0.25) is 14.8 Å². The Hall–Kier alpha value is -2.99. The first-order valence-electron chi connectivity index (χ1n) is 8.82. The Morgan fingerprint density at radius 2 is 1.64 bits per heavy atom. The van der Waals surface area contributed by atoms with Gasteiger partial charge in [0.1, 0.15) is 5.92 Å². The number of rotatable bonds is 3. The number of hydrogen-bond acceptors (Lipinski definition) is 6. The summed E-state index contributed by atoms with van der Waals surface area (Å²) in [6.45, 7) is 0. The third-order valence-electron chi connectivity index (χ3n) is 5.21. The first-order valence-corrected chi connectivity index (χ1v) is 9.20. The normalized spacial score (nSPS) is 22.5. The fourth-order valence-electron chi connectivity index (χ4n) is 4.01. The molecule has 2 aromatic rings. The average Bonchev–Trinajstić information content (AvgIpc) is 3.08. The topological polar surface area (TPSA) is 59.1 Å². The SMILES string of the molecule is COC(=O)[C@@H]1[C@H]2c3ccccc3C=CN2N(c2ccc(Cl)cc2)[C@H]1C(=O)OC. The van der Waals surface area contributed by atoms with Gasteiger partial charge >= 0.3 is 11.9 Å². The monoisotopic (exact) mass is 398 g/mol. The molecular formula is C21H19ClN2O4. The molecule has 2 aliphatic rings. The zero-order valence-electron chi connectivity index (χ0n) is 15.4.